The molecular formula is C19H22N4O2. The Kier molecular flexibility index (Phi) is 4.03. The first-order valence-corrected chi connectivity index (χ1v) is 8.88. The van der Waals surface area contributed by atoms with Gasteiger partial charge < -0.3 is 10.3 Å². The zero-order valence-electron chi connectivity index (χ0n) is 14.3. The van der Waals surface area contributed by atoms with Gasteiger partial charge in [-0.05, 0) is 31.9 Å². The van der Waals surface area contributed by atoms with Gasteiger partial charge in [0, 0.05) is 29.9 Å². The summed E-state index contributed by atoms with van der Waals surface area (Å²) in [4.78, 5) is 32.4. The predicted octanol–water partition coefficient (Wildman–Crippen LogP) is 2.64. The van der Waals surface area contributed by atoms with Crippen LogP contribution in [0.5, 0.6) is 0 Å². The van der Waals surface area contributed by atoms with Crippen molar-refractivity contribution in [2.24, 2.45) is 0 Å². The number of hydrogen-bond donors (Lipinski definition) is 2. The molecule has 2 N–H and O–H groups in total. The van der Waals surface area contributed by atoms with Crippen LogP contribution in [0.25, 0.3) is 21.9 Å². The van der Waals surface area contributed by atoms with Gasteiger partial charge in [0.15, 0.2) is 0 Å². The lowest BCUT2D eigenvalue weighted by Crippen LogP contribution is -2.34. The van der Waals surface area contributed by atoms with E-state index in [1.54, 1.807) is 6.33 Å². The first kappa shape index (κ1) is 15.9. The van der Waals surface area contributed by atoms with Gasteiger partial charge in [-0.1, -0.05) is 24.5 Å². The molecule has 1 fully saturated rings. The fourth-order valence-electron chi connectivity index (χ4n) is 3.66. The molecule has 0 aliphatic heterocycles. The second kappa shape index (κ2) is 6.35. The van der Waals surface area contributed by atoms with E-state index in [0.717, 1.165) is 29.3 Å². The van der Waals surface area contributed by atoms with Crippen molar-refractivity contribution in [2.45, 2.75) is 51.6 Å². The van der Waals surface area contributed by atoms with E-state index in [2.05, 4.69) is 15.3 Å². The van der Waals surface area contributed by atoms with Crippen LogP contribution in [0.1, 0.15) is 37.7 Å². The maximum Gasteiger partial charge on any atom is 0.277 e. The molecule has 6 nitrogen and oxygen atoms in total. The summed E-state index contributed by atoms with van der Waals surface area (Å²) < 4.78 is 1.51. The summed E-state index contributed by atoms with van der Waals surface area (Å²) in [7, 11) is 0. The topological polar surface area (TPSA) is 79.8 Å². The molecule has 1 aliphatic rings. The fourth-order valence-corrected chi connectivity index (χ4v) is 3.66. The zero-order chi connectivity index (χ0) is 17.4. The maximum absolute atomic E-state index is 12.7. The van der Waals surface area contributed by atoms with Gasteiger partial charge in [0.05, 0.1) is 6.33 Å². The van der Waals surface area contributed by atoms with Crippen LogP contribution >= 0.6 is 0 Å². The molecule has 0 radical (unpaired) electrons. The first-order chi connectivity index (χ1) is 12.1. The van der Waals surface area contributed by atoms with E-state index in [9.17, 15) is 9.59 Å². The second-order valence-electron chi connectivity index (χ2n) is 6.94. The van der Waals surface area contributed by atoms with Crippen molar-refractivity contribution >= 4 is 27.8 Å². The maximum atomic E-state index is 12.7. The number of fused-ring (bicyclic) bond motifs is 3. The van der Waals surface area contributed by atoms with Crippen LogP contribution in [0.2, 0.25) is 0 Å². The molecule has 6 heteroatoms. The monoisotopic (exact) mass is 338 g/mol. The van der Waals surface area contributed by atoms with Crippen LogP contribution in [0.3, 0.4) is 0 Å². The molecule has 25 heavy (non-hydrogen) atoms. The highest BCUT2D eigenvalue weighted by Gasteiger charge is 2.17. The van der Waals surface area contributed by atoms with Gasteiger partial charge in [-0.3, -0.25) is 14.2 Å². The first-order valence-electron chi connectivity index (χ1n) is 8.88. The summed E-state index contributed by atoms with van der Waals surface area (Å²) in [6, 6.07) is 6.30. The largest absolute Gasteiger partial charge is 0.353 e. The summed E-state index contributed by atoms with van der Waals surface area (Å²) in [5, 5.41) is 4.01. The molecular weight excluding hydrogens is 316 g/mol. The molecule has 0 unspecified atom stereocenters. The molecule has 1 saturated carbocycles. The van der Waals surface area contributed by atoms with E-state index in [1.807, 2.05) is 25.1 Å². The number of carbonyl (C=O) groups excluding carboxylic acids is 1. The van der Waals surface area contributed by atoms with Crippen LogP contribution in [-0.2, 0) is 11.3 Å². The molecule has 2 aromatic heterocycles. The summed E-state index contributed by atoms with van der Waals surface area (Å²) in [6.45, 7) is 2.36. The van der Waals surface area contributed by atoms with Gasteiger partial charge in [0.1, 0.15) is 11.0 Å². The number of aromatic amines is 1. The van der Waals surface area contributed by atoms with E-state index in [4.69, 9.17) is 0 Å². The van der Waals surface area contributed by atoms with Gasteiger partial charge in [-0.2, -0.15) is 0 Å². The lowest BCUT2D eigenvalue weighted by molar-refractivity contribution is -0.122. The summed E-state index contributed by atoms with van der Waals surface area (Å²) in [5.41, 5.74) is 3.09. The number of amides is 1. The minimum absolute atomic E-state index is 0.00571. The minimum Gasteiger partial charge on any atom is -0.353 e. The van der Waals surface area contributed by atoms with Gasteiger partial charge in [0.2, 0.25) is 5.91 Å². The predicted molar refractivity (Wildman–Crippen MR) is 97.6 cm³/mol. The Bertz CT molecular complexity index is 996. The van der Waals surface area contributed by atoms with Crippen molar-refractivity contribution in [3.8, 4) is 0 Å². The molecule has 4 rings (SSSR count). The van der Waals surface area contributed by atoms with Crippen LogP contribution in [0.15, 0.2) is 29.3 Å². The van der Waals surface area contributed by atoms with Crippen LogP contribution < -0.4 is 10.9 Å². The number of nitrogens with zero attached hydrogens (tertiary/aromatic N) is 2. The van der Waals surface area contributed by atoms with Crippen LogP contribution in [0.4, 0.5) is 0 Å². The number of aryl methyl sites for hydroxylation is 2. The van der Waals surface area contributed by atoms with Gasteiger partial charge in [0.25, 0.3) is 5.56 Å². The molecule has 1 aromatic carbocycles. The van der Waals surface area contributed by atoms with Crippen molar-refractivity contribution in [1.82, 2.24) is 19.9 Å². The van der Waals surface area contributed by atoms with Gasteiger partial charge >= 0.3 is 0 Å². The van der Waals surface area contributed by atoms with E-state index in [1.165, 1.54) is 17.4 Å². The smallest absolute Gasteiger partial charge is 0.277 e. The Balaban J connectivity index is 1.56. The number of rotatable bonds is 4. The van der Waals surface area contributed by atoms with E-state index in [-0.39, 0.29) is 11.5 Å². The number of carbonyl (C=O) groups is 1. The highest BCUT2D eigenvalue weighted by Crippen LogP contribution is 2.22. The summed E-state index contributed by atoms with van der Waals surface area (Å²) in [6.07, 6.45) is 6.34. The number of aromatic nitrogens is 3. The SMILES string of the molecule is Cc1ccc2[nH]c3c(=O)n(CCC(=O)NC4CCCC4)cnc3c2c1. The minimum atomic E-state index is -0.132. The van der Waals surface area contributed by atoms with Crippen molar-refractivity contribution < 1.29 is 4.79 Å². The molecule has 0 spiro atoms. The fraction of sp³-hybridized carbons (Fsp3) is 0.421. The second-order valence-corrected chi connectivity index (χ2v) is 6.94. The van der Waals surface area contributed by atoms with E-state index in [0.29, 0.717) is 30.0 Å². The zero-order valence-corrected chi connectivity index (χ0v) is 14.3. The number of hydrogen-bond acceptors (Lipinski definition) is 3. The van der Waals surface area contributed by atoms with E-state index < -0.39 is 0 Å². The standard InChI is InChI=1S/C19H22N4O2/c1-12-6-7-15-14(10-12)17-18(22-15)19(25)23(11-20-17)9-8-16(24)21-13-4-2-3-5-13/h6-7,10-11,13,22H,2-5,8-9H2,1H3,(H,21,24). The highest BCUT2D eigenvalue weighted by molar-refractivity contribution is 6.04. The molecule has 130 valence electrons. The Morgan fingerprint density at radius 3 is 2.96 bits per heavy atom. The molecule has 2 heterocycles. The van der Waals surface area contributed by atoms with Gasteiger partial charge in [-0.25, -0.2) is 4.98 Å². The van der Waals surface area contributed by atoms with Crippen LogP contribution in [0, 0.1) is 6.92 Å². The summed E-state index contributed by atoms with van der Waals surface area (Å²) in [5.74, 6) is 0.00571. The quantitative estimate of drug-likeness (QED) is 0.767. The molecule has 0 saturated heterocycles. The normalized spacial score (nSPS) is 15.2. The molecule has 0 atom stereocenters. The van der Waals surface area contributed by atoms with Crippen molar-refractivity contribution in [2.75, 3.05) is 0 Å². The van der Waals surface area contributed by atoms with Crippen molar-refractivity contribution in [1.29, 1.82) is 0 Å². The average Bonchev–Trinajstić information content (AvgIpc) is 3.22. The van der Waals surface area contributed by atoms with E-state index >= 15 is 0 Å². The Hall–Kier alpha value is -2.63. The lowest BCUT2D eigenvalue weighted by atomic mass is 10.2. The Labute approximate surface area is 145 Å². The summed E-state index contributed by atoms with van der Waals surface area (Å²) >= 11 is 0. The Morgan fingerprint density at radius 2 is 2.16 bits per heavy atom. The Morgan fingerprint density at radius 1 is 1.36 bits per heavy atom. The lowest BCUT2D eigenvalue weighted by Gasteiger charge is -2.12. The number of H-pyrrole nitrogens is 1. The van der Waals surface area contributed by atoms with Crippen LogP contribution in [-0.4, -0.2) is 26.5 Å². The molecule has 1 amide bonds. The van der Waals surface area contributed by atoms with Crippen molar-refractivity contribution in [3.63, 3.8) is 0 Å². The highest BCUT2D eigenvalue weighted by atomic mass is 16.2. The third kappa shape index (κ3) is 3.04. The molecule has 0 bridgehead atoms. The average molecular weight is 338 g/mol. The van der Waals surface area contributed by atoms with Gasteiger partial charge in [-0.15, -0.1) is 0 Å². The van der Waals surface area contributed by atoms with Crippen molar-refractivity contribution in [3.05, 3.63) is 40.4 Å². The molecule has 1 aliphatic carbocycles. The molecule has 3 aromatic rings. The third-order valence-corrected chi connectivity index (χ3v) is 5.03. The third-order valence-electron chi connectivity index (χ3n) is 5.03. The number of nitrogens with one attached hydrogen (secondary N) is 2. The number of benzene rings is 1.